The second kappa shape index (κ2) is 5.36. The van der Waals surface area contributed by atoms with Gasteiger partial charge in [-0.25, -0.2) is 0 Å². The van der Waals surface area contributed by atoms with Gasteiger partial charge < -0.3 is 4.84 Å². The first-order valence-electron chi connectivity index (χ1n) is 7.42. The summed E-state index contributed by atoms with van der Waals surface area (Å²) < 4.78 is 0. The molecule has 0 aliphatic carbocycles. The van der Waals surface area contributed by atoms with Gasteiger partial charge in [0, 0.05) is 6.42 Å². The van der Waals surface area contributed by atoms with Gasteiger partial charge in [-0.2, -0.15) is 0 Å². The molecule has 0 radical (unpaired) electrons. The molecule has 0 bridgehead atoms. The van der Waals surface area contributed by atoms with Gasteiger partial charge in [0.1, 0.15) is 0 Å². The second-order valence-electron chi connectivity index (χ2n) is 6.57. The van der Waals surface area contributed by atoms with Crippen LogP contribution in [0.3, 0.4) is 0 Å². The Bertz CT molecular complexity index is 636. The van der Waals surface area contributed by atoms with Gasteiger partial charge in [-0.1, -0.05) is 80.5 Å². The predicted molar refractivity (Wildman–Crippen MR) is 86.6 cm³/mol. The lowest BCUT2D eigenvalue weighted by molar-refractivity contribution is 0.0857. The number of hydrogen-bond donors (Lipinski definition) is 0. The van der Waals surface area contributed by atoms with E-state index in [4.69, 9.17) is 4.84 Å². The molecule has 0 aromatic heterocycles. The van der Waals surface area contributed by atoms with E-state index in [1.807, 2.05) is 18.2 Å². The summed E-state index contributed by atoms with van der Waals surface area (Å²) in [7, 11) is 0. The van der Waals surface area contributed by atoms with Crippen molar-refractivity contribution in [1.29, 1.82) is 0 Å². The van der Waals surface area contributed by atoms with Crippen molar-refractivity contribution < 1.29 is 4.84 Å². The van der Waals surface area contributed by atoms with Gasteiger partial charge in [-0.15, -0.1) is 0 Å². The van der Waals surface area contributed by atoms with Crippen LogP contribution in [0.1, 0.15) is 50.0 Å². The summed E-state index contributed by atoms with van der Waals surface area (Å²) in [6.07, 6.45) is 0.877. The molecule has 2 aromatic rings. The first-order valence-corrected chi connectivity index (χ1v) is 7.42. The van der Waals surface area contributed by atoms with Gasteiger partial charge in [-0.3, -0.25) is 0 Å². The van der Waals surface area contributed by atoms with Gasteiger partial charge in [0.2, 0.25) is 0 Å². The first kappa shape index (κ1) is 13.9. The molecule has 0 saturated heterocycles. The third-order valence-electron chi connectivity index (χ3n) is 3.92. The highest BCUT2D eigenvalue weighted by Crippen LogP contribution is 2.30. The second-order valence-corrected chi connectivity index (χ2v) is 6.57. The van der Waals surface area contributed by atoms with E-state index in [1.165, 1.54) is 11.1 Å². The zero-order chi connectivity index (χ0) is 14.9. The first-order chi connectivity index (χ1) is 10.0. The van der Waals surface area contributed by atoms with Gasteiger partial charge in [0.15, 0.2) is 6.10 Å². The Morgan fingerprint density at radius 1 is 0.952 bits per heavy atom. The SMILES string of the molecule is CC(C)(C)c1ccc(C2=NOC(c3ccccc3)C2)cc1. The molecule has 0 saturated carbocycles. The molecule has 1 aliphatic heterocycles. The molecule has 1 unspecified atom stereocenters. The van der Waals surface area contributed by atoms with Crippen molar-refractivity contribution in [3.63, 3.8) is 0 Å². The van der Waals surface area contributed by atoms with Crippen molar-refractivity contribution in [2.75, 3.05) is 0 Å². The molecule has 2 heteroatoms. The molecule has 2 aromatic carbocycles. The Hall–Kier alpha value is -2.09. The van der Waals surface area contributed by atoms with E-state index in [0.717, 1.165) is 17.7 Å². The van der Waals surface area contributed by atoms with Gasteiger partial charge in [-0.05, 0) is 22.1 Å². The van der Waals surface area contributed by atoms with Crippen LogP contribution in [0.4, 0.5) is 0 Å². The minimum atomic E-state index is 0.0449. The molecule has 2 nitrogen and oxygen atoms in total. The Labute approximate surface area is 126 Å². The van der Waals surface area contributed by atoms with Crippen molar-refractivity contribution in [3.05, 3.63) is 71.3 Å². The van der Waals surface area contributed by atoms with Gasteiger partial charge >= 0.3 is 0 Å². The maximum Gasteiger partial charge on any atom is 0.158 e. The summed E-state index contributed by atoms with van der Waals surface area (Å²) in [6.45, 7) is 6.68. The Kier molecular flexibility index (Phi) is 3.54. The van der Waals surface area contributed by atoms with Crippen LogP contribution < -0.4 is 0 Å². The molecule has 1 atom stereocenters. The molecule has 0 N–H and O–H groups in total. The molecule has 0 fully saturated rings. The molecule has 1 heterocycles. The molecule has 3 rings (SSSR count). The molecule has 1 aliphatic rings. The highest BCUT2D eigenvalue weighted by atomic mass is 16.6. The van der Waals surface area contributed by atoms with Gasteiger partial charge in [0.25, 0.3) is 0 Å². The van der Waals surface area contributed by atoms with E-state index in [1.54, 1.807) is 0 Å². The lowest BCUT2D eigenvalue weighted by Crippen LogP contribution is -2.11. The number of benzene rings is 2. The quantitative estimate of drug-likeness (QED) is 0.770. The number of rotatable bonds is 2. The van der Waals surface area contributed by atoms with Crippen molar-refractivity contribution in [3.8, 4) is 0 Å². The van der Waals surface area contributed by atoms with Crippen molar-refractivity contribution in [1.82, 2.24) is 0 Å². The highest BCUT2D eigenvalue weighted by Gasteiger charge is 2.24. The number of nitrogens with zero attached hydrogens (tertiary/aromatic N) is 1. The van der Waals surface area contributed by atoms with E-state index < -0.39 is 0 Å². The summed E-state index contributed by atoms with van der Waals surface area (Å²) in [5, 5.41) is 4.27. The van der Waals surface area contributed by atoms with Crippen LogP contribution in [0.15, 0.2) is 59.8 Å². The standard InChI is InChI=1S/C19H21NO/c1-19(2,3)16-11-9-14(10-12-16)17-13-18(21-20-17)15-7-5-4-6-8-15/h4-12,18H,13H2,1-3H3. The van der Waals surface area contributed by atoms with E-state index >= 15 is 0 Å². The van der Waals surface area contributed by atoms with Crippen LogP contribution in [0.5, 0.6) is 0 Å². The van der Waals surface area contributed by atoms with Crippen LogP contribution in [0.2, 0.25) is 0 Å². The minimum Gasteiger partial charge on any atom is -0.387 e. The van der Waals surface area contributed by atoms with E-state index in [9.17, 15) is 0 Å². The van der Waals surface area contributed by atoms with Crippen LogP contribution in [0.25, 0.3) is 0 Å². The fourth-order valence-corrected chi connectivity index (χ4v) is 2.56. The largest absolute Gasteiger partial charge is 0.387 e. The summed E-state index contributed by atoms with van der Waals surface area (Å²) in [4.78, 5) is 5.59. The normalized spacial score (nSPS) is 18.2. The zero-order valence-electron chi connectivity index (χ0n) is 12.8. The third-order valence-corrected chi connectivity index (χ3v) is 3.92. The monoisotopic (exact) mass is 279 g/mol. The summed E-state index contributed by atoms with van der Waals surface area (Å²) in [5.74, 6) is 0. The summed E-state index contributed by atoms with van der Waals surface area (Å²) >= 11 is 0. The molecular formula is C19H21NO. The van der Waals surface area contributed by atoms with E-state index in [0.29, 0.717) is 0 Å². The fraction of sp³-hybridized carbons (Fsp3) is 0.316. The van der Waals surface area contributed by atoms with Crippen LogP contribution in [0, 0.1) is 0 Å². The Morgan fingerprint density at radius 3 is 2.24 bits per heavy atom. The third kappa shape index (κ3) is 2.99. The summed E-state index contributed by atoms with van der Waals surface area (Å²) in [6, 6.07) is 18.9. The minimum absolute atomic E-state index is 0.0449. The maximum atomic E-state index is 5.59. The van der Waals surface area contributed by atoms with Crippen molar-refractivity contribution in [2.24, 2.45) is 5.16 Å². The topological polar surface area (TPSA) is 21.6 Å². The lowest BCUT2D eigenvalue weighted by atomic mass is 9.86. The summed E-state index contributed by atoms with van der Waals surface area (Å²) in [5.41, 5.74) is 4.89. The maximum absolute atomic E-state index is 5.59. The molecule has 21 heavy (non-hydrogen) atoms. The molecular weight excluding hydrogens is 258 g/mol. The van der Waals surface area contributed by atoms with Crippen molar-refractivity contribution in [2.45, 2.75) is 38.7 Å². The number of oxime groups is 1. The average Bonchev–Trinajstić information content (AvgIpc) is 2.97. The van der Waals surface area contributed by atoms with Crippen LogP contribution in [-0.2, 0) is 10.3 Å². The fourth-order valence-electron chi connectivity index (χ4n) is 2.56. The lowest BCUT2D eigenvalue weighted by Gasteiger charge is -2.19. The van der Waals surface area contributed by atoms with E-state index in [-0.39, 0.29) is 11.5 Å². The highest BCUT2D eigenvalue weighted by molar-refractivity contribution is 6.01. The van der Waals surface area contributed by atoms with E-state index in [2.05, 4.69) is 62.3 Å². The Balaban J connectivity index is 1.74. The van der Waals surface area contributed by atoms with Gasteiger partial charge in [0.05, 0.1) is 5.71 Å². The Morgan fingerprint density at radius 2 is 1.62 bits per heavy atom. The van der Waals surface area contributed by atoms with Crippen LogP contribution in [-0.4, -0.2) is 5.71 Å². The van der Waals surface area contributed by atoms with Crippen molar-refractivity contribution >= 4 is 5.71 Å². The molecule has 108 valence electrons. The van der Waals surface area contributed by atoms with Crippen LogP contribution >= 0.6 is 0 Å². The molecule has 0 spiro atoms. The smallest absolute Gasteiger partial charge is 0.158 e. The zero-order valence-corrected chi connectivity index (χ0v) is 12.8. The predicted octanol–water partition coefficient (Wildman–Crippen LogP) is 4.85. The average molecular weight is 279 g/mol. The number of hydrogen-bond acceptors (Lipinski definition) is 2. The molecule has 0 amide bonds.